The predicted molar refractivity (Wildman–Crippen MR) is 94.6 cm³/mol. The van der Waals surface area contributed by atoms with E-state index in [1.807, 2.05) is 12.4 Å². The SMILES string of the molecule is Cc1nc2ccc(CN3CCNCC3c3ccncc3)cc2s1. The molecule has 0 radical (unpaired) electrons. The smallest absolute Gasteiger partial charge is 0.0907 e. The van der Waals surface area contributed by atoms with Crippen LogP contribution >= 0.6 is 11.3 Å². The zero-order valence-electron chi connectivity index (χ0n) is 13.2. The molecule has 4 nitrogen and oxygen atoms in total. The Hall–Kier alpha value is -1.82. The Labute approximate surface area is 140 Å². The van der Waals surface area contributed by atoms with Crippen LogP contribution in [0.15, 0.2) is 42.7 Å². The zero-order chi connectivity index (χ0) is 15.6. The van der Waals surface area contributed by atoms with E-state index in [1.165, 1.54) is 15.8 Å². The van der Waals surface area contributed by atoms with Crippen LogP contribution in [0.1, 0.15) is 22.2 Å². The maximum Gasteiger partial charge on any atom is 0.0907 e. The maximum absolute atomic E-state index is 4.55. The molecule has 3 aromatic rings. The average molecular weight is 324 g/mol. The minimum absolute atomic E-state index is 0.408. The van der Waals surface area contributed by atoms with E-state index < -0.39 is 0 Å². The average Bonchev–Trinajstić information content (AvgIpc) is 2.95. The highest BCUT2D eigenvalue weighted by Gasteiger charge is 2.23. The van der Waals surface area contributed by atoms with E-state index in [4.69, 9.17) is 0 Å². The van der Waals surface area contributed by atoms with Crippen molar-refractivity contribution in [1.82, 2.24) is 20.2 Å². The second-order valence-electron chi connectivity index (χ2n) is 6.01. The van der Waals surface area contributed by atoms with Crippen molar-refractivity contribution in [2.45, 2.75) is 19.5 Å². The summed E-state index contributed by atoms with van der Waals surface area (Å²) in [5.74, 6) is 0. The molecule has 5 heteroatoms. The molecule has 0 spiro atoms. The highest BCUT2D eigenvalue weighted by atomic mass is 32.1. The fourth-order valence-corrected chi connectivity index (χ4v) is 4.16. The molecule has 2 aromatic heterocycles. The lowest BCUT2D eigenvalue weighted by molar-refractivity contribution is 0.154. The number of pyridine rings is 1. The molecule has 1 aliphatic rings. The summed E-state index contributed by atoms with van der Waals surface area (Å²) in [7, 11) is 0. The zero-order valence-corrected chi connectivity index (χ0v) is 14.0. The van der Waals surface area contributed by atoms with Crippen LogP contribution in [0.3, 0.4) is 0 Å². The van der Waals surface area contributed by atoms with Crippen molar-refractivity contribution >= 4 is 21.6 Å². The molecule has 0 amide bonds. The van der Waals surface area contributed by atoms with Crippen molar-refractivity contribution in [3.05, 3.63) is 58.9 Å². The third kappa shape index (κ3) is 3.13. The van der Waals surface area contributed by atoms with Gasteiger partial charge in [0.1, 0.15) is 0 Å². The Morgan fingerprint density at radius 2 is 2.13 bits per heavy atom. The second-order valence-corrected chi connectivity index (χ2v) is 7.24. The first-order chi connectivity index (χ1) is 11.3. The summed E-state index contributed by atoms with van der Waals surface area (Å²) >= 11 is 1.78. The fourth-order valence-electron chi connectivity index (χ4n) is 3.27. The molecule has 4 rings (SSSR count). The van der Waals surface area contributed by atoms with Crippen LogP contribution in [-0.4, -0.2) is 34.5 Å². The molecule has 1 atom stereocenters. The van der Waals surface area contributed by atoms with E-state index in [-0.39, 0.29) is 0 Å². The van der Waals surface area contributed by atoms with E-state index in [0.29, 0.717) is 6.04 Å². The highest BCUT2D eigenvalue weighted by molar-refractivity contribution is 7.18. The first kappa shape index (κ1) is 14.8. The molecule has 1 unspecified atom stereocenters. The third-order valence-corrected chi connectivity index (χ3v) is 5.32. The Kier molecular flexibility index (Phi) is 4.08. The van der Waals surface area contributed by atoms with Crippen molar-refractivity contribution in [1.29, 1.82) is 0 Å². The van der Waals surface area contributed by atoms with Gasteiger partial charge in [-0.15, -0.1) is 11.3 Å². The number of aryl methyl sites for hydroxylation is 1. The van der Waals surface area contributed by atoms with Gasteiger partial charge in [0, 0.05) is 44.6 Å². The van der Waals surface area contributed by atoms with Crippen molar-refractivity contribution in [2.75, 3.05) is 19.6 Å². The first-order valence-corrected chi connectivity index (χ1v) is 8.82. The van der Waals surface area contributed by atoms with Crippen LogP contribution < -0.4 is 5.32 Å². The number of nitrogens with zero attached hydrogens (tertiary/aromatic N) is 3. The monoisotopic (exact) mass is 324 g/mol. The van der Waals surface area contributed by atoms with Crippen molar-refractivity contribution < 1.29 is 0 Å². The Morgan fingerprint density at radius 3 is 3.00 bits per heavy atom. The summed E-state index contributed by atoms with van der Waals surface area (Å²) in [6, 6.07) is 11.3. The molecule has 0 saturated carbocycles. The van der Waals surface area contributed by atoms with Gasteiger partial charge in [0.15, 0.2) is 0 Å². The molecule has 1 aliphatic heterocycles. The molecule has 3 heterocycles. The summed E-state index contributed by atoms with van der Waals surface area (Å²) < 4.78 is 1.29. The van der Waals surface area contributed by atoms with Crippen molar-refractivity contribution in [2.24, 2.45) is 0 Å². The number of rotatable bonds is 3. The van der Waals surface area contributed by atoms with Gasteiger partial charge in [0.2, 0.25) is 0 Å². The number of nitrogens with one attached hydrogen (secondary N) is 1. The lowest BCUT2D eigenvalue weighted by Gasteiger charge is -2.36. The lowest BCUT2D eigenvalue weighted by atomic mass is 10.0. The van der Waals surface area contributed by atoms with Gasteiger partial charge in [0.05, 0.1) is 15.2 Å². The first-order valence-electron chi connectivity index (χ1n) is 8.00. The molecule has 1 saturated heterocycles. The number of hydrogen-bond donors (Lipinski definition) is 1. The Balaban J connectivity index is 1.59. The van der Waals surface area contributed by atoms with E-state index in [2.05, 4.69) is 57.4 Å². The Morgan fingerprint density at radius 1 is 1.26 bits per heavy atom. The standard InChI is InChI=1S/C18H20N4S/c1-13-21-16-3-2-14(10-18(16)23-13)12-22-9-8-20-11-17(22)15-4-6-19-7-5-15/h2-7,10,17,20H,8-9,11-12H2,1H3. The normalized spacial score (nSPS) is 19.3. The molecule has 118 valence electrons. The van der Waals surface area contributed by atoms with Gasteiger partial charge >= 0.3 is 0 Å². The quantitative estimate of drug-likeness (QED) is 0.803. The highest BCUT2D eigenvalue weighted by Crippen LogP contribution is 2.27. The summed E-state index contributed by atoms with van der Waals surface area (Å²) in [6.07, 6.45) is 3.77. The van der Waals surface area contributed by atoms with Crippen molar-refractivity contribution in [3.63, 3.8) is 0 Å². The molecule has 23 heavy (non-hydrogen) atoms. The molecule has 0 aliphatic carbocycles. The summed E-state index contributed by atoms with van der Waals surface area (Å²) in [4.78, 5) is 11.2. The number of fused-ring (bicyclic) bond motifs is 1. The topological polar surface area (TPSA) is 41.1 Å². The maximum atomic E-state index is 4.55. The van der Waals surface area contributed by atoms with Crippen LogP contribution in [0, 0.1) is 6.92 Å². The molecule has 0 bridgehead atoms. The van der Waals surface area contributed by atoms with Gasteiger partial charge in [0.25, 0.3) is 0 Å². The minimum atomic E-state index is 0.408. The fraction of sp³-hybridized carbons (Fsp3) is 0.333. The summed E-state index contributed by atoms with van der Waals surface area (Å²) in [5.41, 5.74) is 3.81. The number of aromatic nitrogens is 2. The van der Waals surface area contributed by atoms with Crippen molar-refractivity contribution in [3.8, 4) is 0 Å². The van der Waals surface area contributed by atoms with Gasteiger partial charge in [-0.3, -0.25) is 9.88 Å². The minimum Gasteiger partial charge on any atom is -0.314 e. The lowest BCUT2D eigenvalue weighted by Crippen LogP contribution is -2.45. The predicted octanol–water partition coefficient (Wildman–Crippen LogP) is 3.15. The van der Waals surface area contributed by atoms with E-state index in [9.17, 15) is 0 Å². The van der Waals surface area contributed by atoms with Crippen LogP contribution in [-0.2, 0) is 6.54 Å². The second kappa shape index (κ2) is 6.35. The van der Waals surface area contributed by atoms with Gasteiger partial charge in [-0.1, -0.05) is 6.07 Å². The van der Waals surface area contributed by atoms with Gasteiger partial charge in [-0.25, -0.2) is 4.98 Å². The number of thiazole rings is 1. The number of piperazine rings is 1. The van der Waals surface area contributed by atoms with Gasteiger partial charge in [-0.05, 0) is 42.3 Å². The van der Waals surface area contributed by atoms with Gasteiger partial charge in [-0.2, -0.15) is 0 Å². The van der Waals surface area contributed by atoms with E-state index >= 15 is 0 Å². The Bertz CT molecular complexity index is 799. The molecule has 1 fully saturated rings. The van der Waals surface area contributed by atoms with Crippen LogP contribution in [0.2, 0.25) is 0 Å². The third-order valence-electron chi connectivity index (χ3n) is 4.39. The largest absolute Gasteiger partial charge is 0.314 e. The molecular weight excluding hydrogens is 304 g/mol. The summed E-state index contributed by atoms with van der Waals surface area (Å²) in [5, 5.41) is 4.65. The molecular formula is C18H20N4S. The van der Waals surface area contributed by atoms with Crippen LogP contribution in [0.25, 0.3) is 10.2 Å². The van der Waals surface area contributed by atoms with Gasteiger partial charge < -0.3 is 5.32 Å². The molecule has 1 N–H and O–H groups in total. The van der Waals surface area contributed by atoms with E-state index in [0.717, 1.165) is 36.7 Å². The van der Waals surface area contributed by atoms with Crippen LogP contribution in [0.4, 0.5) is 0 Å². The number of benzene rings is 1. The number of hydrogen-bond acceptors (Lipinski definition) is 5. The van der Waals surface area contributed by atoms with Crippen LogP contribution in [0.5, 0.6) is 0 Å². The summed E-state index contributed by atoms with van der Waals surface area (Å²) in [6.45, 7) is 6.14. The molecule has 1 aromatic carbocycles. The van der Waals surface area contributed by atoms with E-state index in [1.54, 1.807) is 11.3 Å².